The van der Waals surface area contributed by atoms with E-state index in [1.54, 1.807) is 0 Å². The van der Waals surface area contributed by atoms with Gasteiger partial charge in [0.2, 0.25) is 0 Å². The van der Waals surface area contributed by atoms with Gasteiger partial charge in [-0.2, -0.15) is 0 Å². The van der Waals surface area contributed by atoms with Gasteiger partial charge in [0.25, 0.3) is 5.92 Å². The van der Waals surface area contributed by atoms with Gasteiger partial charge >= 0.3 is 14.2 Å². The van der Waals surface area contributed by atoms with Crippen molar-refractivity contribution in [3.8, 4) is 11.1 Å². The van der Waals surface area contributed by atoms with Gasteiger partial charge in [-0.25, -0.2) is 8.78 Å². The molecule has 0 atom stereocenters. The second-order valence-electron chi connectivity index (χ2n) is 13.1. The largest absolute Gasteiger partial charge is 0.494 e. The van der Waals surface area contributed by atoms with Crippen LogP contribution in [0.25, 0.3) is 11.1 Å². The Balaban J connectivity index is 1.41. The van der Waals surface area contributed by atoms with Crippen LogP contribution in [0, 0.1) is 0 Å². The van der Waals surface area contributed by atoms with E-state index in [2.05, 4.69) is 0 Å². The average molecular weight is 494 g/mol. The number of rotatable bonds is 2. The van der Waals surface area contributed by atoms with Crippen molar-refractivity contribution in [1.82, 2.24) is 0 Å². The first-order chi connectivity index (χ1) is 16.5. The SMILES string of the molecule is CC1(C)OB(c2ccc3c(c2)C2(CC(F)(F)C2)c2cc(B4OC(C)(C)C(C)(C)O4)ccc2-3)OC1(C)C. The highest BCUT2D eigenvalue weighted by Gasteiger charge is 2.62. The molecule has 0 amide bonds. The van der Waals surface area contributed by atoms with Gasteiger partial charge in [0.05, 0.1) is 22.4 Å². The van der Waals surface area contributed by atoms with E-state index in [9.17, 15) is 8.78 Å². The zero-order valence-electron chi connectivity index (χ0n) is 22.4. The van der Waals surface area contributed by atoms with Crippen LogP contribution in [0.1, 0.15) is 79.4 Å². The molecule has 0 aromatic heterocycles. The van der Waals surface area contributed by atoms with Crippen LogP contribution in [0.3, 0.4) is 0 Å². The Morgan fingerprint density at radius 2 is 0.917 bits per heavy atom. The van der Waals surface area contributed by atoms with Crippen LogP contribution in [0.4, 0.5) is 8.78 Å². The minimum absolute atomic E-state index is 0.209. The van der Waals surface area contributed by atoms with E-state index in [1.165, 1.54) is 0 Å². The highest BCUT2D eigenvalue weighted by atomic mass is 19.3. The zero-order valence-corrected chi connectivity index (χ0v) is 22.4. The Morgan fingerprint density at radius 1 is 0.583 bits per heavy atom. The summed E-state index contributed by atoms with van der Waals surface area (Å²) in [6.07, 6.45) is -0.417. The van der Waals surface area contributed by atoms with E-state index in [4.69, 9.17) is 18.6 Å². The highest BCUT2D eigenvalue weighted by molar-refractivity contribution is 6.62. The normalized spacial score (nSPS) is 27.2. The van der Waals surface area contributed by atoms with Crippen LogP contribution < -0.4 is 10.9 Å². The van der Waals surface area contributed by atoms with Crippen molar-refractivity contribution >= 4 is 25.2 Å². The summed E-state index contributed by atoms with van der Waals surface area (Å²) in [7, 11) is -1.08. The molecule has 2 saturated heterocycles. The molecule has 2 aliphatic carbocycles. The molecule has 0 radical (unpaired) electrons. The van der Waals surface area contributed by atoms with Crippen molar-refractivity contribution in [3.05, 3.63) is 47.5 Å². The molecule has 1 spiro atoms. The summed E-state index contributed by atoms with van der Waals surface area (Å²) >= 11 is 0. The first-order valence-electron chi connectivity index (χ1n) is 12.9. The predicted octanol–water partition coefficient (Wildman–Crippen LogP) is 4.98. The molecule has 3 fully saturated rings. The van der Waals surface area contributed by atoms with Gasteiger partial charge < -0.3 is 18.6 Å². The Morgan fingerprint density at radius 3 is 1.22 bits per heavy atom. The summed E-state index contributed by atoms with van der Waals surface area (Å²) in [5.41, 5.74) is 2.95. The third-order valence-corrected chi connectivity index (χ3v) is 9.58. The maximum atomic E-state index is 14.5. The topological polar surface area (TPSA) is 36.9 Å². The van der Waals surface area contributed by atoms with Crippen molar-refractivity contribution < 1.29 is 27.4 Å². The third kappa shape index (κ3) is 3.27. The first-order valence-corrected chi connectivity index (χ1v) is 12.9. The Hall–Kier alpha value is -1.73. The molecular formula is C28H34B2F2O4. The molecule has 0 N–H and O–H groups in total. The lowest BCUT2D eigenvalue weighted by Gasteiger charge is -2.46. The van der Waals surface area contributed by atoms with Crippen LogP contribution in [0.15, 0.2) is 36.4 Å². The zero-order chi connectivity index (χ0) is 26.1. The van der Waals surface area contributed by atoms with E-state index < -0.39 is 48.0 Å². The van der Waals surface area contributed by atoms with E-state index in [-0.39, 0.29) is 12.8 Å². The first kappa shape index (κ1) is 24.6. The quantitative estimate of drug-likeness (QED) is 0.553. The maximum absolute atomic E-state index is 14.5. The molecule has 190 valence electrons. The number of fused-ring (bicyclic) bond motifs is 5. The lowest BCUT2D eigenvalue weighted by molar-refractivity contribution is -0.112. The minimum Gasteiger partial charge on any atom is -0.399 e. The lowest BCUT2D eigenvalue weighted by atomic mass is 9.59. The van der Waals surface area contributed by atoms with Gasteiger partial charge in [-0.05, 0) is 88.6 Å². The van der Waals surface area contributed by atoms with Gasteiger partial charge in [0.15, 0.2) is 0 Å². The molecule has 4 aliphatic rings. The molecule has 8 heteroatoms. The number of halogens is 2. The fourth-order valence-electron chi connectivity index (χ4n) is 5.99. The van der Waals surface area contributed by atoms with Crippen LogP contribution in [-0.2, 0) is 24.0 Å². The average Bonchev–Trinajstić information content (AvgIpc) is 3.22. The van der Waals surface area contributed by atoms with E-state index in [0.717, 1.165) is 33.2 Å². The van der Waals surface area contributed by atoms with Gasteiger partial charge in [0, 0.05) is 18.3 Å². The highest BCUT2D eigenvalue weighted by Crippen LogP contribution is 2.63. The molecule has 6 rings (SSSR count). The number of alkyl halides is 2. The van der Waals surface area contributed by atoms with Crippen LogP contribution >= 0.6 is 0 Å². The fourth-order valence-corrected chi connectivity index (χ4v) is 5.99. The van der Waals surface area contributed by atoms with Gasteiger partial charge in [-0.1, -0.05) is 36.4 Å². The Bertz CT molecular complexity index is 1140. The minimum atomic E-state index is -2.69. The molecule has 2 aliphatic heterocycles. The molecule has 2 aromatic rings. The van der Waals surface area contributed by atoms with Crippen molar-refractivity contribution in [3.63, 3.8) is 0 Å². The monoisotopic (exact) mass is 494 g/mol. The van der Waals surface area contributed by atoms with Crippen LogP contribution in [0.5, 0.6) is 0 Å². The number of benzene rings is 2. The summed E-state index contributed by atoms with van der Waals surface area (Å²) in [5, 5.41) is 0. The smallest absolute Gasteiger partial charge is 0.399 e. The predicted molar refractivity (Wildman–Crippen MR) is 138 cm³/mol. The molecule has 2 aromatic carbocycles. The third-order valence-electron chi connectivity index (χ3n) is 9.58. The second-order valence-corrected chi connectivity index (χ2v) is 13.1. The molecule has 0 unspecified atom stereocenters. The van der Waals surface area contributed by atoms with Crippen LogP contribution in [0.2, 0.25) is 0 Å². The molecule has 1 saturated carbocycles. The van der Waals surface area contributed by atoms with Gasteiger partial charge in [-0.15, -0.1) is 0 Å². The van der Waals surface area contributed by atoms with E-state index in [1.807, 2.05) is 91.8 Å². The van der Waals surface area contributed by atoms with Gasteiger partial charge in [-0.3, -0.25) is 0 Å². The summed E-state index contributed by atoms with van der Waals surface area (Å²) in [6, 6.07) is 12.1. The van der Waals surface area contributed by atoms with Crippen molar-refractivity contribution in [1.29, 1.82) is 0 Å². The molecule has 36 heavy (non-hydrogen) atoms. The van der Waals surface area contributed by atoms with E-state index in [0.29, 0.717) is 0 Å². The summed E-state index contributed by atoms with van der Waals surface area (Å²) in [4.78, 5) is 0. The van der Waals surface area contributed by atoms with Crippen molar-refractivity contribution in [2.75, 3.05) is 0 Å². The fraction of sp³-hybridized carbons (Fsp3) is 0.571. The number of hydrogen-bond acceptors (Lipinski definition) is 4. The standard InChI is InChI=1S/C28H34B2F2O4/c1-23(2)24(3,4)34-29(33-23)17-9-11-19-20-12-10-18(30-35-25(5,6)26(7,8)36-30)14-22(20)27(21(19)13-17)15-28(31,32)16-27/h9-14H,15-16H2,1-8H3. The Kier molecular flexibility index (Phi) is 4.79. The lowest BCUT2D eigenvalue weighted by Crippen LogP contribution is -2.50. The molecule has 4 nitrogen and oxygen atoms in total. The summed E-state index contributed by atoms with van der Waals surface area (Å²) in [6.45, 7) is 16.1. The summed E-state index contributed by atoms with van der Waals surface area (Å²) in [5.74, 6) is -2.69. The van der Waals surface area contributed by atoms with E-state index >= 15 is 0 Å². The Labute approximate surface area is 213 Å². The van der Waals surface area contributed by atoms with Crippen molar-refractivity contribution in [2.45, 2.75) is 102 Å². The number of hydrogen-bond donors (Lipinski definition) is 0. The van der Waals surface area contributed by atoms with Crippen LogP contribution in [-0.4, -0.2) is 42.6 Å². The maximum Gasteiger partial charge on any atom is 0.494 e. The second kappa shape index (κ2) is 7.02. The molecule has 0 bridgehead atoms. The molecular weight excluding hydrogens is 460 g/mol. The molecule has 2 heterocycles. The van der Waals surface area contributed by atoms with Crippen molar-refractivity contribution in [2.24, 2.45) is 0 Å². The summed E-state index contributed by atoms with van der Waals surface area (Å²) < 4.78 is 54.1. The van der Waals surface area contributed by atoms with Gasteiger partial charge in [0.1, 0.15) is 0 Å².